The van der Waals surface area contributed by atoms with Crippen molar-refractivity contribution in [2.45, 2.75) is 20.1 Å². The van der Waals surface area contributed by atoms with Crippen molar-refractivity contribution in [1.82, 2.24) is 0 Å². The van der Waals surface area contributed by atoms with Gasteiger partial charge in [-0.05, 0) is 36.8 Å². The molecule has 0 aromatic heterocycles. The molecule has 2 aromatic rings. The van der Waals surface area contributed by atoms with E-state index in [9.17, 15) is 15.2 Å². The Labute approximate surface area is 140 Å². The van der Waals surface area contributed by atoms with Gasteiger partial charge in [-0.25, -0.2) is 0 Å². The molecule has 7 heteroatoms. The summed E-state index contributed by atoms with van der Waals surface area (Å²) >= 11 is 0. The standard InChI is InChI=1S/C17H21N3O4/c1-3-24-17-7-5-14(9-13(17)11-21)19-10-12-4-6-15(18-2)16(8-12)20(22)23/h4-9,18-19,21H,3,10-11H2,1-2H3. The van der Waals surface area contributed by atoms with Crippen LogP contribution in [0, 0.1) is 10.1 Å². The Balaban J connectivity index is 2.13. The molecule has 0 heterocycles. The van der Waals surface area contributed by atoms with Gasteiger partial charge in [0.1, 0.15) is 11.4 Å². The van der Waals surface area contributed by atoms with E-state index in [1.807, 2.05) is 19.1 Å². The van der Waals surface area contributed by atoms with Gasteiger partial charge >= 0.3 is 0 Å². The summed E-state index contributed by atoms with van der Waals surface area (Å²) in [5.41, 5.74) is 2.81. The fourth-order valence-electron chi connectivity index (χ4n) is 2.36. The highest BCUT2D eigenvalue weighted by Crippen LogP contribution is 2.26. The monoisotopic (exact) mass is 331 g/mol. The normalized spacial score (nSPS) is 10.3. The van der Waals surface area contributed by atoms with Gasteiger partial charge in [0.05, 0.1) is 18.1 Å². The Morgan fingerprint density at radius 2 is 2.04 bits per heavy atom. The Morgan fingerprint density at radius 1 is 1.25 bits per heavy atom. The molecule has 24 heavy (non-hydrogen) atoms. The summed E-state index contributed by atoms with van der Waals surface area (Å²) in [4.78, 5) is 10.7. The Hall–Kier alpha value is -2.80. The number of aliphatic hydroxyl groups excluding tert-OH is 1. The first kappa shape index (κ1) is 17.6. The topological polar surface area (TPSA) is 96.7 Å². The van der Waals surface area contributed by atoms with Gasteiger partial charge in [0, 0.05) is 30.9 Å². The molecule has 0 aliphatic heterocycles. The van der Waals surface area contributed by atoms with E-state index >= 15 is 0 Å². The lowest BCUT2D eigenvalue weighted by atomic mass is 10.1. The quantitative estimate of drug-likeness (QED) is 0.508. The minimum absolute atomic E-state index is 0.0412. The van der Waals surface area contributed by atoms with Crippen LogP contribution in [0.2, 0.25) is 0 Å². The molecule has 0 atom stereocenters. The zero-order valence-electron chi connectivity index (χ0n) is 13.7. The molecule has 0 saturated carbocycles. The molecule has 7 nitrogen and oxygen atoms in total. The Bertz CT molecular complexity index is 719. The third kappa shape index (κ3) is 4.14. The molecule has 0 radical (unpaired) electrons. The minimum Gasteiger partial charge on any atom is -0.494 e. The molecule has 128 valence electrons. The molecule has 0 amide bonds. The van der Waals surface area contributed by atoms with Crippen LogP contribution >= 0.6 is 0 Å². The molecule has 0 bridgehead atoms. The first-order valence-corrected chi connectivity index (χ1v) is 7.64. The summed E-state index contributed by atoms with van der Waals surface area (Å²) < 4.78 is 5.44. The highest BCUT2D eigenvalue weighted by Gasteiger charge is 2.13. The van der Waals surface area contributed by atoms with Crippen molar-refractivity contribution in [2.75, 3.05) is 24.3 Å². The largest absolute Gasteiger partial charge is 0.494 e. The summed E-state index contributed by atoms with van der Waals surface area (Å²) in [5.74, 6) is 0.652. The summed E-state index contributed by atoms with van der Waals surface area (Å²) in [6.45, 7) is 2.73. The number of hydrogen-bond donors (Lipinski definition) is 3. The van der Waals surface area contributed by atoms with E-state index < -0.39 is 4.92 Å². The molecule has 3 N–H and O–H groups in total. The zero-order chi connectivity index (χ0) is 17.5. The predicted molar refractivity (Wildman–Crippen MR) is 93.5 cm³/mol. The van der Waals surface area contributed by atoms with Crippen molar-refractivity contribution in [2.24, 2.45) is 0 Å². The number of nitro benzene ring substituents is 1. The van der Waals surface area contributed by atoms with Crippen LogP contribution in [0.4, 0.5) is 17.1 Å². The molecule has 0 unspecified atom stereocenters. The van der Waals surface area contributed by atoms with E-state index in [1.54, 1.807) is 31.3 Å². The van der Waals surface area contributed by atoms with Crippen molar-refractivity contribution in [3.63, 3.8) is 0 Å². The number of ether oxygens (including phenoxy) is 1. The molecule has 2 aromatic carbocycles. The highest BCUT2D eigenvalue weighted by atomic mass is 16.6. The van der Waals surface area contributed by atoms with Gasteiger partial charge in [-0.2, -0.15) is 0 Å². The molecule has 0 saturated heterocycles. The molecule has 0 aliphatic carbocycles. The van der Waals surface area contributed by atoms with E-state index in [-0.39, 0.29) is 12.3 Å². The summed E-state index contributed by atoms with van der Waals surface area (Å²) in [6.07, 6.45) is 0. The first-order valence-electron chi connectivity index (χ1n) is 7.64. The fraction of sp³-hybridized carbons (Fsp3) is 0.294. The zero-order valence-corrected chi connectivity index (χ0v) is 13.7. The van der Waals surface area contributed by atoms with E-state index in [0.29, 0.717) is 30.2 Å². The Morgan fingerprint density at radius 3 is 2.67 bits per heavy atom. The van der Waals surface area contributed by atoms with Crippen molar-refractivity contribution < 1.29 is 14.8 Å². The maximum absolute atomic E-state index is 11.1. The van der Waals surface area contributed by atoms with Crippen LogP contribution < -0.4 is 15.4 Å². The maximum atomic E-state index is 11.1. The van der Waals surface area contributed by atoms with Crippen LogP contribution in [-0.2, 0) is 13.2 Å². The Kier molecular flexibility index (Phi) is 5.97. The third-order valence-electron chi connectivity index (χ3n) is 3.56. The average Bonchev–Trinajstić information content (AvgIpc) is 2.60. The van der Waals surface area contributed by atoms with Gasteiger partial charge in [-0.15, -0.1) is 0 Å². The number of nitro groups is 1. The van der Waals surface area contributed by atoms with E-state index in [4.69, 9.17) is 4.74 Å². The molecule has 0 aliphatic rings. The lowest BCUT2D eigenvalue weighted by molar-refractivity contribution is -0.384. The molecule has 0 spiro atoms. The predicted octanol–water partition coefficient (Wildman–Crippen LogP) is 3.14. The van der Waals surface area contributed by atoms with Gasteiger partial charge in [-0.1, -0.05) is 6.07 Å². The molecular weight excluding hydrogens is 310 g/mol. The number of hydrogen-bond acceptors (Lipinski definition) is 6. The number of nitrogens with zero attached hydrogens (tertiary/aromatic N) is 1. The maximum Gasteiger partial charge on any atom is 0.292 e. The lowest BCUT2D eigenvalue weighted by Crippen LogP contribution is -2.03. The second-order valence-electron chi connectivity index (χ2n) is 5.13. The molecule has 2 rings (SSSR count). The second-order valence-corrected chi connectivity index (χ2v) is 5.13. The van der Waals surface area contributed by atoms with Gasteiger partial charge in [0.15, 0.2) is 0 Å². The van der Waals surface area contributed by atoms with Crippen molar-refractivity contribution >= 4 is 17.1 Å². The molecule has 0 fully saturated rings. The first-order chi connectivity index (χ1) is 11.6. The van der Waals surface area contributed by atoms with Crippen LogP contribution in [-0.4, -0.2) is 23.7 Å². The smallest absolute Gasteiger partial charge is 0.292 e. The number of nitrogens with one attached hydrogen (secondary N) is 2. The van der Waals surface area contributed by atoms with Crippen LogP contribution in [0.25, 0.3) is 0 Å². The van der Waals surface area contributed by atoms with Crippen LogP contribution in [0.3, 0.4) is 0 Å². The lowest BCUT2D eigenvalue weighted by Gasteiger charge is -2.12. The van der Waals surface area contributed by atoms with Gasteiger partial charge < -0.3 is 20.5 Å². The summed E-state index contributed by atoms with van der Waals surface area (Å²) in [7, 11) is 1.65. The number of rotatable bonds is 8. The van der Waals surface area contributed by atoms with Crippen LogP contribution in [0.1, 0.15) is 18.1 Å². The van der Waals surface area contributed by atoms with Crippen molar-refractivity contribution in [3.8, 4) is 5.75 Å². The van der Waals surface area contributed by atoms with Crippen molar-refractivity contribution in [3.05, 3.63) is 57.6 Å². The average molecular weight is 331 g/mol. The fourth-order valence-corrected chi connectivity index (χ4v) is 2.36. The minimum atomic E-state index is -0.407. The SMILES string of the molecule is CCOc1ccc(NCc2ccc(NC)c([N+](=O)[O-])c2)cc1CO. The highest BCUT2D eigenvalue weighted by molar-refractivity contribution is 5.62. The van der Waals surface area contributed by atoms with Crippen LogP contribution in [0.5, 0.6) is 5.75 Å². The van der Waals surface area contributed by atoms with Gasteiger partial charge in [0.25, 0.3) is 5.69 Å². The molecular formula is C17H21N3O4. The second kappa shape index (κ2) is 8.16. The van der Waals surface area contributed by atoms with Crippen LogP contribution in [0.15, 0.2) is 36.4 Å². The number of aliphatic hydroxyl groups is 1. The van der Waals surface area contributed by atoms with E-state index in [1.165, 1.54) is 0 Å². The summed E-state index contributed by atoms with van der Waals surface area (Å²) in [5, 5.41) is 26.5. The van der Waals surface area contributed by atoms with Crippen molar-refractivity contribution in [1.29, 1.82) is 0 Å². The van der Waals surface area contributed by atoms with E-state index in [0.717, 1.165) is 11.3 Å². The third-order valence-corrected chi connectivity index (χ3v) is 3.56. The van der Waals surface area contributed by atoms with Gasteiger partial charge in [-0.3, -0.25) is 10.1 Å². The van der Waals surface area contributed by atoms with Gasteiger partial charge in [0.2, 0.25) is 0 Å². The summed E-state index contributed by atoms with van der Waals surface area (Å²) in [6, 6.07) is 10.5. The number of benzene rings is 2. The number of anilines is 2. The van der Waals surface area contributed by atoms with E-state index in [2.05, 4.69) is 10.6 Å².